The largest absolute Gasteiger partial charge is 0.472 e. The molecule has 2 aliphatic heterocycles. The number of benzene rings is 1. The van der Waals surface area contributed by atoms with Gasteiger partial charge in [-0.1, -0.05) is 12.1 Å². The normalized spacial score (nSPS) is 17.9. The third-order valence-electron chi connectivity index (χ3n) is 5.76. The highest BCUT2D eigenvalue weighted by atomic mass is 16.3. The van der Waals surface area contributed by atoms with Gasteiger partial charge in [-0.15, -0.1) is 0 Å². The van der Waals surface area contributed by atoms with Gasteiger partial charge in [0.25, 0.3) is 0 Å². The van der Waals surface area contributed by atoms with Crippen molar-refractivity contribution in [3.05, 3.63) is 72.4 Å². The molecule has 1 saturated heterocycles. The molecule has 2 aliphatic rings. The van der Waals surface area contributed by atoms with E-state index in [0.29, 0.717) is 6.54 Å². The van der Waals surface area contributed by atoms with Crippen molar-refractivity contribution in [2.45, 2.75) is 0 Å². The van der Waals surface area contributed by atoms with E-state index in [0.717, 1.165) is 54.3 Å². The van der Waals surface area contributed by atoms with Crippen molar-refractivity contribution in [3.8, 4) is 11.1 Å². The summed E-state index contributed by atoms with van der Waals surface area (Å²) in [6.07, 6.45) is 9.38. The first-order chi connectivity index (χ1) is 14.8. The second-order valence-corrected chi connectivity index (χ2v) is 7.79. The Balaban J connectivity index is 1.33. The number of hydrogen-bond donors (Lipinski definition) is 1. The van der Waals surface area contributed by atoms with Crippen LogP contribution < -0.4 is 10.2 Å². The third kappa shape index (κ3) is 3.86. The summed E-state index contributed by atoms with van der Waals surface area (Å²) in [7, 11) is 2.17. The second kappa shape index (κ2) is 8.16. The fraction of sp³-hybridized carbons (Fsp3) is 0.250. The fourth-order valence-corrected chi connectivity index (χ4v) is 3.89. The Morgan fingerprint density at radius 2 is 1.93 bits per heavy atom. The van der Waals surface area contributed by atoms with Gasteiger partial charge in [-0.3, -0.25) is 4.99 Å². The number of likely N-dealkylation sites (N-methyl/N-ethyl adjacent to an activating group) is 1. The maximum Gasteiger partial charge on any atom is 0.129 e. The average Bonchev–Trinajstić information content (AvgIpc) is 3.33. The average molecular weight is 399 g/mol. The SMILES string of the molecule is CN1CCN(c2ccc(N/C=C3\CN=Cc4ccc(-c5ccoc5)cc43)nc2)CC1. The number of anilines is 2. The highest BCUT2D eigenvalue weighted by molar-refractivity contribution is 5.94. The van der Waals surface area contributed by atoms with E-state index in [1.807, 2.05) is 30.7 Å². The van der Waals surface area contributed by atoms with Crippen molar-refractivity contribution in [1.82, 2.24) is 9.88 Å². The van der Waals surface area contributed by atoms with E-state index in [9.17, 15) is 0 Å². The lowest BCUT2D eigenvalue weighted by atomic mass is 9.94. The molecule has 30 heavy (non-hydrogen) atoms. The number of aromatic nitrogens is 1. The van der Waals surface area contributed by atoms with Crippen molar-refractivity contribution in [1.29, 1.82) is 0 Å². The van der Waals surface area contributed by atoms with Gasteiger partial charge in [-0.2, -0.15) is 0 Å². The Hall–Kier alpha value is -3.38. The molecule has 0 spiro atoms. The second-order valence-electron chi connectivity index (χ2n) is 7.79. The van der Waals surface area contributed by atoms with E-state index in [1.54, 1.807) is 12.5 Å². The summed E-state index contributed by atoms with van der Waals surface area (Å²) in [5, 5.41) is 3.35. The molecule has 0 aliphatic carbocycles. The first-order valence-corrected chi connectivity index (χ1v) is 10.3. The Morgan fingerprint density at radius 3 is 2.70 bits per heavy atom. The molecule has 0 atom stereocenters. The molecule has 1 aromatic carbocycles. The lowest BCUT2D eigenvalue weighted by Crippen LogP contribution is -2.44. The van der Waals surface area contributed by atoms with E-state index in [-0.39, 0.29) is 0 Å². The predicted molar refractivity (Wildman–Crippen MR) is 122 cm³/mol. The number of rotatable bonds is 4. The van der Waals surface area contributed by atoms with Crippen LogP contribution in [0.1, 0.15) is 11.1 Å². The highest BCUT2D eigenvalue weighted by Crippen LogP contribution is 2.29. The Morgan fingerprint density at radius 1 is 1.03 bits per heavy atom. The number of aliphatic imine (C=N–C) groups is 1. The fourth-order valence-electron chi connectivity index (χ4n) is 3.89. The topological polar surface area (TPSA) is 56.9 Å². The van der Waals surface area contributed by atoms with E-state index in [4.69, 9.17) is 4.42 Å². The minimum Gasteiger partial charge on any atom is -0.472 e. The van der Waals surface area contributed by atoms with Crippen molar-refractivity contribution in [2.24, 2.45) is 4.99 Å². The molecule has 6 nitrogen and oxygen atoms in total. The molecule has 5 rings (SSSR count). The molecule has 1 fully saturated rings. The number of furan rings is 1. The van der Waals surface area contributed by atoms with Gasteiger partial charge < -0.3 is 19.5 Å². The lowest BCUT2D eigenvalue weighted by molar-refractivity contribution is 0.313. The molecule has 152 valence electrons. The van der Waals surface area contributed by atoms with Crippen molar-refractivity contribution in [2.75, 3.05) is 50.0 Å². The third-order valence-corrected chi connectivity index (χ3v) is 5.76. The van der Waals surface area contributed by atoms with Crippen molar-refractivity contribution < 1.29 is 4.42 Å². The molecule has 6 heteroatoms. The van der Waals surface area contributed by atoms with Gasteiger partial charge in [0.15, 0.2) is 0 Å². The van der Waals surface area contributed by atoms with Gasteiger partial charge in [0, 0.05) is 44.2 Å². The summed E-state index contributed by atoms with van der Waals surface area (Å²) >= 11 is 0. The number of pyridine rings is 1. The summed E-state index contributed by atoms with van der Waals surface area (Å²) in [5.74, 6) is 0.836. The lowest BCUT2D eigenvalue weighted by Gasteiger charge is -2.33. The maximum absolute atomic E-state index is 5.24. The van der Waals surface area contributed by atoms with Crippen LogP contribution in [0.4, 0.5) is 11.5 Å². The quantitative estimate of drug-likeness (QED) is 0.719. The van der Waals surface area contributed by atoms with Gasteiger partial charge in [-0.05, 0) is 53.6 Å². The maximum atomic E-state index is 5.24. The molecule has 2 aromatic heterocycles. The summed E-state index contributed by atoms with van der Waals surface area (Å²) in [6, 6.07) is 12.6. The van der Waals surface area contributed by atoms with Gasteiger partial charge in [0.05, 0.1) is 31.0 Å². The molecule has 1 N–H and O–H groups in total. The number of piperazine rings is 1. The molecule has 0 unspecified atom stereocenters. The smallest absolute Gasteiger partial charge is 0.129 e. The zero-order chi connectivity index (χ0) is 20.3. The molecule has 3 aromatic rings. The van der Waals surface area contributed by atoms with Crippen LogP contribution in [0, 0.1) is 0 Å². The van der Waals surface area contributed by atoms with Crippen LogP contribution in [0.2, 0.25) is 0 Å². The summed E-state index contributed by atoms with van der Waals surface area (Å²) in [6.45, 7) is 4.92. The Kier molecular flexibility index (Phi) is 5.07. The van der Waals surface area contributed by atoms with Crippen LogP contribution in [0.3, 0.4) is 0 Å². The first kappa shape index (κ1) is 18.6. The van der Waals surface area contributed by atoms with Crippen LogP contribution in [0.5, 0.6) is 0 Å². The van der Waals surface area contributed by atoms with Gasteiger partial charge in [0.2, 0.25) is 0 Å². The molecule has 0 amide bonds. The van der Waals surface area contributed by atoms with E-state index in [2.05, 4.69) is 56.4 Å². The van der Waals surface area contributed by atoms with Crippen molar-refractivity contribution >= 4 is 23.3 Å². The van der Waals surface area contributed by atoms with Gasteiger partial charge in [-0.25, -0.2) is 4.98 Å². The Bertz CT molecular complexity index is 1060. The van der Waals surface area contributed by atoms with Crippen LogP contribution in [-0.4, -0.2) is 55.9 Å². The predicted octanol–water partition coefficient (Wildman–Crippen LogP) is 3.98. The van der Waals surface area contributed by atoms with Crippen LogP contribution >= 0.6 is 0 Å². The molecule has 0 radical (unpaired) electrons. The van der Waals surface area contributed by atoms with Crippen LogP contribution in [0.15, 0.2) is 70.7 Å². The molecular formula is C24H25N5O. The number of nitrogens with zero attached hydrogens (tertiary/aromatic N) is 4. The first-order valence-electron chi connectivity index (χ1n) is 10.3. The molecule has 0 saturated carbocycles. The highest BCUT2D eigenvalue weighted by Gasteiger charge is 2.15. The summed E-state index contributed by atoms with van der Waals surface area (Å²) in [5.41, 5.74) is 6.85. The monoisotopic (exact) mass is 399 g/mol. The van der Waals surface area contributed by atoms with Gasteiger partial charge >= 0.3 is 0 Å². The minimum absolute atomic E-state index is 0.647. The summed E-state index contributed by atoms with van der Waals surface area (Å²) < 4.78 is 5.24. The van der Waals surface area contributed by atoms with Crippen molar-refractivity contribution in [3.63, 3.8) is 0 Å². The molecular weight excluding hydrogens is 374 g/mol. The number of nitrogens with one attached hydrogen (secondary N) is 1. The van der Waals surface area contributed by atoms with Crippen LogP contribution in [-0.2, 0) is 0 Å². The van der Waals surface area contributed by atoms with E-state index >= 15 is 0 Å². The minimum atomic E-state index is 0.647. The zero-order valence-corrected chi connectivity index (χ0v) is 17.1. The van der Waals surface area contributed by atoms with Gasteiger partial charge in [0.1, 0.15) is 5.82 Å². The van der Waals surface area contributed by atoms with E-state index < -0.39 is 0 Å². The van der Waals surface area contributed by atoms with Crippen LogP contribution in [0.25, 0.3) is 16.7 Å². The number of hydrogen-bond acceptors (Lipinski definition) is 6. The molecule has 4 heterocycles. The number of fused-ring (bicyclic) bond motifs is 1. The zero-order valence-electron chi connectivity index (χ0n) is 17.1. The standard InChI is InChI=1S/C24H25N5O/c1-28-7-9-29(10-8-28)22-4-5-24(27-16-22)26-15-21-14-25-13-19-3-2-18(12-23(19)21)20-6-11-30-17-20/h2-6,11-13,15-17H,7-10,14H2,1H3,(H,26,27)/b21-15+. The summed E-state index contributed by atoms with van der Waals surface area (Å²) in [4.78, 5) is 13.9. The van der Waals surface area contributed by atoms with E-state index in [1.165, 1.54) is 11.3 Å². The molecule has 0 bridgehead atoms. The Labute approximate surface area is 176 Å².